The van der Waals surface area contributed by atoms with E-state index in [0.29, 0.717) is 0 Å². The molecule has 1 heterocycles. The maximum absolute atomic E-state index is 3.85. The molecule has 0 atom stereocenters. The number of hydrogen-bond acceptors (Lipinski definition) is 1. The van der Waals surface area contributed by atoms with Gasteiger partial charge in [-0.25, -0.2) is 0 Å². The van der Waals surface area contributed by atoms with E-state index in [0.717, 1.165) is 6.54 Å². The molecule has 6 heavy (non-hydrogen) atoms. The Morgan fingerprint density at radius 1 is 2.00 bits per heavy atom. The van der Waals surface area contributed by atoms with Crippen molar-refractivity contribution < 1.29 is 0 Å². The molecule has 1 aliphatic rings. The van der Waals surface area contributed by atoms with Gasteiger partial charge in [0, 0.05) is 0 Å². The Morgan fingerprint density at radius 2 is 2.50 bits per heavy atom. The summed E-state index contributed by atoms with van der Waals surface area (Å²) in [5, 5.41) is 0. The summed E-state index contributed by atoms with van der Waals surface area (Å²) in [7, 11) is 0. The van der Waals surface area contributed by atoms with Gasteiger partial charge in [-0.2, -0.15) is 0 Å². The molecule has 1 aliphatic heterocycles. The number of hydrogen-bond donors (Lipinski definition) is 1. The van der Waals surface area contributed by atoms with Crippen LogP contribution >= 0.6 is 20.1 Å². The summed E-state index contributed by atoms with van der Waals surface area (Å²) in [5.74, 6) is 0. The van der Waals surface area contributed by atoms with Crippen molar-refractivity contribution in [3.63, 3.8) is 0 Å². The van der Waals surface area contributed by atoms with Crippen LogP contribution in [-0.2, 0) is 0 Å². The summed E-state index contributed by atoms with van der Waals surface area (Å²) in [6.45, 7) is 4.95. The number of rotatable bonds is 0. The summed E-state index contributed by atoms with van der Waals surface area (Å²) < 4.78 is 4.80. The van der Waals surface area contributed by atoms with E-state index in [1.165, 1.54) is 3.58 Å². The minimum atomic E-state index is -0.648. The zero-order valence-electron chi connectivity index (χ0n) is 3.79. The van der Waals surface area contributed by atoms with E-state index in [9.17, 15) is 0 Å². The molecule has 0 saturated carbocycles. The van der Waals surface area contributed by atoms with Crippen LogP contribution in [-0.4, -0.2) is 11.5 Å². The second-order valence-corrected chi connectivity index (χ2v) is 6.29. The van der Waals surface area contributed by atoms with Gasteiger partial charge in [-0.15, -0.1) is 0 Å². The van der Waals surface area contributed by atoms with Crippen LogP contribution in [0, 0.1) is 0 Å². The van der Waals surface area contributed by atoms with Crippen LogP contribution in [0.25, 0.3) is 0 Å². The van der Waals surface area contributed by atoms with E-state index >= 15 is 0 Å². The summed E-state index contributed by atoms with van der Waals surface area (Å²) in [6.07, 6.45) is 0. The first-order chi connectivity index (χ1) is 2.80. The fourth-order valence-electron chi connectivity index (χ4n) is 0.295. The van der Waals surface area contributed by atoms with Crippen molar-refractivity contribution in [3.8, 4) is 0 Å². The molecule has 1 saturated heterocycles. The monoisotopic (exact) mass is 197 g/mol. The SMILES string of the molecule is C=C1CNI1C. The van der Waals surface area contributed by atoms with Crippen LogP contribution in [0.2, 0.25) is 0 Å². The van der Waals surface area contributed by atoms with Crippen molar-refractivity contribution in [2.45, 2.75) is 0 Å². The molecular weight excluding hydrogens is 189 g/mol. The molecule has 36 valence electrons. The summed E-state index contributed by atoms with van der Waals surface area (Å²) in [4.78, 5) is 2.27. The Kier molecular flexibility index (Phi) is 1.15. The zero-order valence-corrected chi connectivity index (χ0v) is 5.95. The first-order valence-corrected chi connectivity index (χ1v) is 6.13. The molecule has 1 nitrogen and oxygen atoms in total. The molecule has 0 radical (unpaired) electrons. The maximum atomic E-state index is 3.85. The van der Waals surface area contributed by atoms with E-state index < -0.39 is 20.1 Å². The van der Waals surface area contributed by atoms with E-state index in [1.807, 2.05) is 0 Å². The predicted molar refractivity (Wildman–Crippen MR) is 37.1 cm³/mol. The van der Waals surface area contributed by atoms with Crippen LogP contribution in [0.15, 0.2) is 10.2 Å². The standard InChI is InChI=1S/C4H8IN/c1-4-3-6-5(4)2/h6H,1,3H2,2H3. The first kappa shape index (κ1) is 4.59. The van der Waals surface area contributed by atoms with Crippen molar-refractivity contribution in [1.82, 2.24) is 3.53 Å². The Morgan fingerprint density at radius 3 is 2.50 bits per heavy atom. The zero-order chi connectivity index (χ0) is 4.57. The average molecular weight is 197 g/mol. The summed E-state index contributed by atoms with van der Waals surface area (Å²) >= 11 is -0.648. The fraction of sp³-hybridized carbons (Fsp3) is 0.500. The quantitative estimate of drug-likeness (QED) is 0.349. The molecule has 0 amide bonds. The average Bonchev–Trinajstić information content (AvgIpc) is 1.61. The normalized spacial score (nSPS) is 26.8. The van der Waals surface area contributed by atoms with Gasteiger partial charge in [0.15, 0.2) is 0 Å². The van der Waals surface area contributed by atoms with Gasteiger partial charge in [0.1, 0.15) is 0 Å². The van der Waals surface area contributed by atoms with Crippen molar-refractivity contribution in [3.05, 3.63) is 10.2 Å². The van der Waals surface area contributed by atoms with Crippen LogP contribution in [0.3, 0.4) is 0 Å². The van der Waals surface area contributed by atoms with Gasteiger partial charge in [-0.3, -0.25) is 0 Å². The van der Waals surface area contributed by atoms with Gasteiger partial charge in [0.05, 0.1) is 0 Å². The third-order valence-corrected chi connectivity index (χ3v) is 5.06. The van der Waals surface area contributed by atoms with E-state index in [4.69, 9.17) is 0 Å². The summed E-state index contributed by atoms with van der Waals surface area (Å²) in [5.41, 5.74) is 0. The molecule has 2 heteroatoms. The predicted octanol–water partition coefficient (Wildman–Crippen LogP) is 1.15. The van der Waals surface area contributed by atoms with Gasteiger partial charge in [0.25, 0.3) is 0 Å². The van der Waals surface area contributed by atoms with Crippen molar-refractivity contribution >= 4 is 20.1 Å². The Labute approximate surface area is 45.6 Å². The van der Waals surface area contributed by atoms with Gasteiger partial charge < -0.3 is 0 Å². The molecular formula is C4H8IN. The Hall–Kier alpha value is 0.430. The molecule has 0 aromatic heterocycles. The van der Waals surface area contributed by atoms with E-state index in [1.54, 1.807) is 0 Å². The molecule has 1 N–H and O–H groups in total. The number of halogens is 1. The van der Waals surface area contributed by atoms with Gasteiger partial charge in [-0.1, -0.05) is 0 Å². The third-order valence-electron chi connectivity index (χ3n) is 0.860. The third kappa shape index (κ3) is 0.586. The molecule has 0 aliphatic carbocycles. The van der Waals surface area contributed by atoms with Crippen LogP contribution < -0.4 is 3.53 Å². The van der Waals surface area contributed by atoms with Crippen LogP contribution in [0.4, 0.5) is 0 Å². The molecule has 1 rings (SSSR count). The fourth-order valence-corrected chi connectivity index (χ4v) is 1.98. The van der Waals surface area contributed by atoms with Crippen molar-refractivity contribution in [1.29, 1.82) is 0 Å². The van der Waals surface area contributed by atoms with Crippen molar-refractivity contribution in [2.75, 3.05) is 11.5 Å². The molecule has 1 fully saturated rings. The first-order valence-electron chi connectivity index (χ1n) is 1.82. The topological polar surface area (TPSA) is 12.0 Å². The molecule has 0 spiro atoms. The summed E-state index contributed by atoms with van der Waals surface area (Å²) in [6, 6.07) is 0. The molecule has 0 bridgehead atoms. The molecule has 0 aromatic rings. The van der Waals surface area contributed by atoms with Gasteiger partial charge in [-0.05, 0) is 0 Å². The van der Waals surface area contributed by atoms with Gasteiger partial charge >= 0.3 is 45.3 Å². The van der Waals surface area contributed by atoms with Crippen molar-refractivity contribution in [2.24, 2.45) is 0 Å². The van der Waals surface area contributed by atoms with E-state index in [2.05, 4.69) is 15.0 Å². The molecule has 0 unspecified atom stereocenters. The number of alkyl halides is 1. The Bertz CT molecular complexity index is 79.6. The van der Waals surface area contributed by atoms with E-state index in [-0.39, 0.29) is 0 Å². The second kappa shape index (κ2) is 1.50. The van der Waals surface area contributed by atoms with Crippen LogP contribution in [0.5, 0.6) is 0 Å². The van der Waals surface area contributed by atoms with Gasteiger partial charge in [0.2, 0.25) is 0 Å². The Balaban J connectivity index is 2.39. The second-order valence-electron chi connectivity index (χ2n) is 1.30. The van der Waals surface area contributed by atoms with Crippen LogP contribution in [0.1, 0.15) is 0 Å². The molecule has 0 aromatic carbocycles. The minimum absolute atomic E-state index is 0.648. The number of nitrogens with one attached hydrogen (secondary N) is 1.